The Morgan fingerprint density at radius 2 is 1.85 bits per heavy atom. The summed E-state index contributed by atoms with van der Waals surface area (Å²) in [5.41, 5.74) is 0. The third-order valence-corrected chi connectivity index (χ3v) is 4.02. The van der Waals surface area contributed by atoms with Gasteiger partial charge in [0.2, 0.25) is 0 Å². The van der Waals surface area contributed by atoms with Gasteiger partial charge in [-0.3, -0.25) is 0 Å². The van der Waals surface area contributed by atoms with Gasteiger partial charge in [-0.25, -0.2) is 0 Å². The molecule has 0 saturated carbocycles. The van der Waals surface area contributed by atoms with Crippen LogP contribution in [0.1, 0.15) is 53.4 Å². The van der Waals surface area contributed by atoms with Crippen molar-refractivity contribution in [2.75, 3.05) is 26.4 Å². The molecule has 4 heteroatoms. The molecule has 20 heavy (non-hydrogen) atoms. The van der Waals surface area contributed by atoms with Crippen LogP contribution in [0.25, 0.3) is 0 Å². The average molecular weight is 289 g/mol. The standard InChI is InChI=1S/C16H35NO3/c1-5-7-8-15(6-2)11-20-12-16(19)9-17-14(4)13(3)10-18/h13-19H,5-12H2,1-4H3. The Bertz CT molecular complexity index is 214. The molecular weight excluding hydrogens is 254 g/mol. The normalized spacial score (nSPS) is 17.7. The molecule has 3 N–H and O–H groups in total. The third-order valence-electron chi connectivity index (χ3n) is 4.02. The van der Waals surface area contributed by atoms with Gasteiger partial charge in [0.15, 0.2) is 0 Å². The molecule has 0 aromatic rings. The second-order valence-electron chi connectivity index (χ2n) is 5.96. The van der Waals surface area contributed by atoms with Gasteiger partial charge < -0.3 is 20.3 Å². The molecule has 0 spiro atoms. The lowest BCUT2D eigenvalue weighted by Crippen LogP contribution is -2.40. The van der Waals surface area contributed by atoms with Crippen LogP contribution in [0.2, 0.25) is 0 Å². The number of aliphatic hydroxyl groups excluding tert-OH is 2. The van der Waals surface area contributed by atoms with Crippen LogP contribution in [0.5, 0.6) is 0 Å². The van der Waals surface area contributed by atoms with Crippen molar-refractivity contribution in [3.05, 3.63) is 0 Å². The number of hydrogen-bond donors (Lipinski definition) is 3. The van der Waals surface area contributed by atoms with E-state index in [0.717, 1.165) is 13.0 Å². The summed E-state index contributed by atoms with van der Waals surface area (Å²) in [6, 6.07) is 0.197. The molecule has 4 atom stereocenters. The van der Waals surface area contributed by atoms with Crippen molar-refractivity contribution in [1.29, 1.82) is 0 Å². The van der Waals surface area contributed by atoms with Crippen LogP contribution < -0.4 is 5.32 Å². The summed E-state index contributed by atoms with van der Waals surface area (Å²) in [5.74, 6) is 0.810. The highest BCUT2D eigenvalue weighted by Crippen LogP contribution is 2.12. The Balaban J connectivity index is 3.68. The first kappa shape index (κ1) is 19.8. The van der Waals surface area contributed by atoms with E-state index in [0.29, 0.717) is 19.1 Å². The van der Waals surface area contributed by atoms with Crippen LogP contribution in [-0.2, 0) is 4.74 Å². The third kappa shape index (κ3) is 9.70. The van der Waals surface area contributed by atoms with E-state index < -0.39 is 6.10 Å². The van der Waals surface area contributed by atoms with E-state index in [1.165, 1.54) is 19.3 Å². The van der Waals surface area contributed by atoms with Gasteiger partial charge >= 0.3 is 0 Å². The van der Waals surface area contributed by atoms with Crippen LogP contribution in [0.3, 0.4) is 0 Å². The number of aliphatic hydroxyl groups is 2. The summed E-state index contributed by atoms with van der Waals surface area (Å²) in [4.78, 5) is 0. The van der Waals surface area contributed by atoms with Gasteiger partial charge in [0, 0.05) is 25.8 Å². The molecule has 0 aromatic carbocycles. The minimum Gasteiger partial charge on any atom is -0.396 e. The van der Waals surface area contributed by atoms with Crippen LogP contribution >= 0.6 is 0 Å². The average Bonchev–Trinajstić information content (AvgIpc) is 2.47. The highest BCUT2D eigenvalue weighted by atomic mass is 16.5. The fourth-order valence-electron chi connectivity index (χ4n) is 2.01. The van der Waals surface area contributed by atoms with E-state index in [1.54, 1.807) is 0 Å². The topological polar surface area (TPSA) is 61.7 Å². The van der Waals surface area contributed by atoms with E-state index in [9.17, 15) is 5.11 Å². The van der Waals surface area contributed by atoms with Crippen molar-refractivity contribution in [3.8, 4) is 0 Å². The molecule has 0 aliphatic carbocycles. The number of nitrogens with one attached hydrogen (secondary N) is 1. The zero-order valence-electron chi connectivity index (χ0n) is 13.8. The largest absolute Gasteiger partial charge is 0.396 e. The van der Waals surface area contributed by atoms with Gasteiger partial charge in [0.05, 0.1) is 12.7 Å². The van der Waals surface area contributed by atoms with Gasteiger partial charge in [-0.1, -0.05) is 40.0 Å². The molecule has 0 heterocycles. The molecule has 4 unspecified atom stereocenters. The molecule has 0 rings (SSSR count). The predicted molar refractivity (Wildman–Crippen MR) is 83.8 cm³/mol. The number of rotatable bonds is 13. The second kappa shape index (κ2) is 12.6. The molecule has 0 aromatic heterocycles. The zero-order chi connectivity index (χ0) is 15.4. The minimum atomic E-state index is -0.480. The maximum absolute atomic E-state index is 9.86. The lowest BCUT2D eigenvalue weighted by atomic mass is 10.0. The van der Waals surface area contributed by atoms with E-state index >= 15 is 0 Å². The number of hydrogen-bond acceptors (Lipinski definition) is 4. The SMILES string of the molecule is CCCCC(CC)COCC(O)CNC(C)C(C)CO. The highest BCUT2D eigenvalue weighted by molar-refractivity contribution is 4.70. The Morgan fingerprint density at radius 3 is 2.40 bits per heavy atom. The van der Waals surface area contributed by atoms with Crippen molar-refractivity contribution < 1.29 is 14.9 Å². The number of ether oxygens (including phenoxy) is 1. The Hall–Kier alpha value is -0.160. The Labute approximate surface area is 124 Å². The summed E-state index contributed by atoms with van der Waals surface area (Å²) in [7, 11) is 0. The molecule has 4 nitrogen and oxygen atoms in total. The fourth-order valence-corrected chi connectivity index (χ4v) is 2.01. The Kier molecular flexibility index (Phi) is 12.5. The van der Waals surface area contributed by atoms with Crippen molar-refractivity contribution in [1.82, 2.24) is 5.32 Å². The lowest BCUT2D eigenvalue weighted by Gasteiger charge is -2.22. The van der Waals surface area contributed by atoms with Gasteiger partial charge in [-0.15, -0.1) is 0 Å². The van der Waals surface area contributed by atoms with Gasteiger partial charge in [0.1, 0.15) is 0 Å². The van der Waals surface area contributed by atoms with Crippen LogP contribution in [0.4, 0.5) is 0 Å². The smallest absolute Gasteiger partial charge is 0.0897 e. The van der Waals surface area contributed by atoms with Crippen LogP contribution in [-0.4, -0.2) is 48.7 Å². The lowest BCUT2D eigenvalue weighted by molar-refractivity contribution is 0.0174. The molecule has 0 fully saturated rings. The zero-order valence-corrected chi connectivity index (χ0v) is 13.8. The summed E-state index contributed by atoms with van der Waals surface area (Å²) < 4.78 is 5.63. The molecule has 122 valence electrons. The monoisotopic (exact) mass is 289 g/mol. The molecule has 0 bridgehead atoms. The predicted octanol–water partition coefficient (Wildman–Crippen LogP) is 2.19. The van der Waals surface area contributed by atoms with Crippen molar-refractivity contribution in [2.45, 2.75) is 65.5 Å². The van der Waals surface area contributed by atoms with E-state index in [-0.39, 0.29) is 18.6 Å². The summed E-state index contributed by atoms with van der Waals surface area (Å²) >= 11 is 0. The van der Waals surface area contributed by atoms with Gasteiger partial charge in [-0.2, -0.15) is 0 Å². The van der Waals surface area contributed by atoms with Crippen LogP contribution in [0, 0.1) is 11.8 Å². The maximum Gasteiger partial charge on any atom is 0.0897 e. The molecular formula is C16H35NO3. The van der Waals surface area contributed by atoms with Gasteiger partial charge in [0.25, 0.3) is 0 Å². The summed E-state index contributed by atoms with van der Waals surface area (Å²) in [6.07, 6.45) is 4.35. The van der Waals surface area contributed by atoms with Crippen molar-refractivity contribution >= 4 is 0 Å². The molecule has 0 aliphatic heterocycles. The first-order valence-electron chi connectivity index (χ1n) is 8.15. The maximum atomic E-state index is 9.86. The molecule has 0 amide bonds. The van der Waals surface area contributed by atoms with E-state index in [1.807, 2.05) is 13.8 Å². The summed E-state index contributed by atoms with van der Waals surface area (Å²) in [5, 5.41) is 22.1. The minimum absolute atomic E-state index is 0.163. The van der Waals surface area contributed by atoms with Gasteiger partial charge in [-0.05, 0) is 25.2 Å². The number of unbranched alkanes of at least 4 members (excludes halogenated alkanes) is 1. The van der Waals surface area contributed by atoms with E-state index in [4.69, 9.17) is 9.84 Å². The first-order valence-corrected chi connectivity index (χ1v) is 8.15. The highest BCUT2D eigenvalue weighted by Gasteiger charge is 2.13. The molecule has 0 saturated heterocycles. The quantitative estimate of drug-likeness (QED) is 0.486. The molecule has 0 aliphatic rings. The summed E-state index contributed by atoms with van der Waals surface area (Å²) in [6.45, 7) is 10.2. The Morgan fingerprint density at radius 1 is 1.15 bits per heavy atom. The second-order valence-corrected chi connectivity index (χ2v) is 5.96. The van der Waals surface area contributed by atoms with Crippen molar-refractivity contribution in [2.24, 2.45) is 11.8 Å². The first-order chi connectivity index (χ1) is 9.54. The fraction of sp³-hybridized carbons (Fsp3) is 1.00. The van der Waals surface area contributed by atoms with Crippen LogP contribution in [0.15, 0.2) is 0 Å². The van der Waals surface area contributed by atoms with E-state index in [2.05, 4.69) is 19.2 Å². The molecule has 0 radical (unpaired) electrons. The van der Waals surface area contributed by atoms with Crippen molar-refractivity contribution in [3.63, 3.8) is 0 Å².